The molecule has 1 fully saturated rings. The maximum atomic E-state index is 4.75. The normalized spacial score (nSPS) is 17.7. The van der Waals surface area contributed by atoms with Crippen LogP contribution in [0.15, 0.2) is 46.5 Å². The molecule has 0 radical (unpaired) electrons. The monoisotopic (exact) mass is 344 g/mol. The van der Waals surface area contributed by atoms with Crippen LogP contribution in [0.3, 0.4) is 0 Å². The van der Waals surface area contributed by atoms with E-state index in [9.17, 15) is 0 Å². The molecule has 6 nitrogen and oxygen atoms in total. The van der Waals surface area contributed by atoms with Gasteiger partial charge in [-0.05, 0) is 44.0 Å². The van der Waals surface area contributed by atoms with Crippen molar-refractivity contribution in [1.82, 2.24) is 20.0 Å². The van der Waals surface area contributed by atoms with Crippen molar-refractivity contribution in [3.63, 3.8) is 0 Å². The van der Waals surface area contributed by atoms with Gasteiger partial charge >= 0.3 is 0 Å². The van der Waals surface area contributed by atoms with Gasteiger partial charge in [-0.2, -0.15) is 0 Å². The summed E-state index contributed by atoms with van der Waals surface area (Å²) in [6, 6.07) is 10.8. The van der Waals surface area contributed by atoms with Crippen LogP contribution in [-0.2, 0) is 0 Å². The number of amidine groups is 1. The van der Waals surface area contributed by atoms with E-state index in [4.69, 9.17) is 4.99 Å². The minimum Gasteiger partial charge on any atom is -0.261 e. The second-order valence-corrected chi connectivity index (χ2v) is 7.01. The second kappa shape index (κ2) is 6.12. The van der Waals surface area contributed by atoms with E-state index in [0.717, 1.165) is 39.4 Å². The van der Waals surface area contributed by atoms with Crippen LogP contribution < -0.4 is 0 Å². The standard InChI is InChI=1S/C20H20N6/c1-13-16(7-4-10-21-13)20-22-12-18(23-20)14-8-9-19-17(11-14)24-25-26(19)15-5-2-3-6-15/h4,7-11,15H,2-3,5-6,12H2,1H3. The van der Waals surface area contributed by atoms with E-state index in [0.29, 0.717) is 12.6 Å². The van der Waals surface area contributed by atoms with Gasteiger partial charge in [0, 0.05) is 23.0 Å². The number of benzene rings is 1. The molecule has 1 aromatic carbocycles. The molecule has 0 saturated heterocycles. The van der Waals surface area contributed by atoms with E-state index in [1.165, 1.54) is 25.7 Å². The predicted molar refractivity (Wildman–Crippen MR) is 102 cm³/mol. The van der Waals surface area contributed by atoms with E-state index in [1.54, 1.807) is 6.20 Å². The first-order chi connectivity index (χ1) is 12.8. The number of hydrogen-bond acceptors (Lipinski definition) is 5. The fraction of sp³-hybridized carbons (Fsp3) is 0.350. The first kappa shape index (κ1) is 15.4. The lowest BCUT2D eigenvalue weighted by Crippen LogP contribution is -2.06. The number of rotatable bonds is 3. The average molecular weight is 344 g/mol. The van der Waals surface area contributed by atoms with Gasteiger partial charge in [0.2, 0.25) is 0 Å². The van der Waals surface area contributed by atoms with Crippen LogP contribution in [0.25, 0.3) is 11.0 Å². The number of aryl methyl sites for hydroxylation is 1. The van der Waals surface area contributed by atoms with Crippen LogP contribution in [0.1, 0.15) is 48.5 Å². The molecule has 3 heterocycles. The fourth-order valence-electron chi connectivity index (χ4n) is 3.91. The second-order valence-electron chi connectivity index (χ2n) is 7.01. The van der Waals surface area contributed by atoms with Crippen LogP contribution in [-0.4, -0.2) is 38.1 Å². The largest absolute Gasteiger partial charge is 0.261 e. The molecule has 0 amide bonds. The van der Waals surface area contributed by atoms with Crippen LogP contribution in [0, 0.1) is 6.92 Å². The zero-order valence-corrected chi connectivity index (χ0v) is 14.8. The molecule has 1 saturated carbocycles. The van der Waals surface area contributed by atoms with Gasteiger partial charge in [-0.25, -0.2) is 9.67 Å². The number of aliphatic imine (C=N–C) groups is 2. The summed E-state index contributed by atoms with van der Waals surface area (Å²) in [5.41, 5.74) is 6.03. The Hall–Kier alpha value is -2.89. The van der Waals surface area contributed by atoms with Crippen molar-refractivity contribution in [2.75, 3.05) is 6.54 Å². The number of hydrogen-bond donors (Lipinski definition) is 0. The third-order valence-electron chi connectivity index (χ3n) is 5.34. The third kappa shape index (κ3) is 2.53. The molecule has 0 spiro atoms. The Bertz CT molecular complexity index is 1040. The highest BCUT2D eigenvalue weighted by Gasteiger charge is 2.21. The summed E-state index contributed by atoms with van der Waals surface area (Å²) in [5.74, 6) is 0.764. The van der Waals surface area contributed by atoms with Crippen LogP contribution >= 0.6 is 0 Å². The maximum absolute atomic E-state index is 4.75. The van der Waals surface area contributed by atoms with Crippen LogP contribution in [0.4, 0.5) is 0 Å². The van der Waals surface area contributed by atoms with Crippen molar-refractivity contribution in [2.45, 2.75) is 38.6 Å². The quantitative estimate of drug-likeness (QED) is 0.730. The first-order valence-corrected chi connectivity index (χ1v) is 9.19. The Labute approximate surface area is 151 Å². The van der Waals surface area contributed by atoms with Gasteiger partial charge in [0.05, 0.1) is 23.8 Å². The highest BCUT2D eigenvalue weighted by Crippen LogP contribution is 2.31. The summed E-state index contributed by atoms with van der Waals surface area (Å²) in [6.07, 6.45) is 6.77. The summed E-state index contributed by atoms with van der Waals surface area (Å²) in [5, 5.41) is 8.81. The Balaban J connectivity index is 1.47. The average Bonchev–Trinajstić information content (AvgIpc) is 3.41. The Morgan fingerprint density at radius 1 is 1.12 bits per heavy atom. The number of pyridine rings is 1. The minimum atomic E-state index is 0.498. The summed E-state index contributed by atoms with van der Waals surface area (Å²) in [7, 11) is 0. The van der Waals surface area contributed by atoms with Crippen molar-refractivity contribution in [3.8, 4) is 0 Å². The number of fused-ring (bicyclic) bond motifs is 1. The van der Waals surface area contributed by atoms with Gasteiger partial charge in [-0.3, -0.25) is 9.98 Å². The molecule has 0 unspecified atom stereocenters. The molecule has 1 aliphatic heterocycles. The van der Waals surface area contributed by atoms with E-state index < -0.39 is 0 Å². The molecule has 0 bridgehead atoms. The van der Waals surface area contributed by atoms with Gasteiger partial charge in [-0.15, -0.1) is 5.10 Å². The van der Waals surface area contributed by atoms with Crippen molar-refractivity contribution in [1.29, 1.82) is 0 Å². The number of aromatic nitrogens is 4. The van der Waals surface area contributed by atoms with Gasteiger partial charge in [0.25, 0.3) is 0 Å². The predicted octanol–water partition coefficient (Wildman–Crippen LogP) is 3.50. The van der Waals surface area contributed by atoms with E-state index >= 15 is 0 Å². The van der Waals surface area contributed by atoms with Crippen molar-refractivity contribution in [3.05, 3.63) is 53.3 Å². The lowest BCUT2D eigenvalue weighted by molar-refractivity contribution is 0.467. The number of nitrogens with zero attached hydrogens (tertiary/aromatic N) is 6. The molecule has 26 heavy (non-hydrogen) atoms. The molecule has 0 N–H and O–H groups in total. The SMILES string of the molecule is Cc1ncccc1C1=NCC(c2ccc3c(c2)nnn3C2CCCC2)=N1. The molecule has 0 atom stereocenters. The van der Waals surface area contributed by atoms with Crippen molar-refractivity contribution in [2.24, 2.45) is 9.98 Å². The summed E-state index contributed by atoms with van der Waals surface area (Å²) in [6.45, 7) is 2.57. The van der Waals surface area contributed by atoms with Crippen molar-refractivity contribution >= 4 is 22.6 Å². The smallest absolute Gasteiger partial charge is 0.157 e. The lowest BCUT2D eigenvalue weighted by Gasteiger charge is -2.09. The highest BCUT2D eigenvalue weighted by molar-refractivity contribution is 6.18. The van der Waals surface area contributed by atoms with E-state index in [2.05, 4.69) is 43.2 Å². The molecular weight excluding hydrogens is 324 g/mol. The van der Waals surface area contributed by atoms with Gasteiger partial charge in [0.1, 0.15) is 5.52 Å². The van der Waals surface area contributed by atoms with E-state index in [1.807, 2.05) is 19.1 Å². The fourth-order valence-corrected chi connectivity index (χ4v) is 3.91. The van der Waals surface area contributed by atoms with Gasteiger partial charge in [0.15, 0.2) is 5.84 Å². The molecule has 2 aromatic heterocycles. The zero-order valence-electron chi connectivity index (χ0n) is 14.8. The maximum Gasteiger partial charge on any atom is 0.157 e. The summed E-state index contributed by atoms with van der Waals surface area (Å²) in [4.78, 5) is 13.7. The lowest BCUT2D eigenvalue weighted by atomic mass is 10.1. The molecule has 1 aliphatic carbocycles. The zero-order chi connectivity index (χ0) is 17.5. The summed E-state index contributed by atoms with van der Waals surface area (Å²) < 4.78 is 2.10. The Kier molecular flexibility index (Phi) is 3.62. The first-order valence-electron chi connectivity index (χ1n) is 9.19. The van der Waals surface area contributed by atoms with Crippen molar-refractivity contribution < 1.29 is 0 Å². The summed E-state index contributed by atoms with van der Waals surface area (Å²) >= 11 is 0. The molecule has 5 rings (SSSR count). The van der Waals surface area contributed by atoms with Crippen LogP contribution in [0.5, 0.6) is 0 Å². The minimum absolute atomic E-state index is 0.498. The van der Waals surface area contributed by atoms with E-state index in [-0.39, 0.29) is 0 Å². The molecule has 3 aromatic rings. The highest BCUT2D eigenvalue weighted by atomic mass is 15.4. The molecular formula is C20H20N6. The van der Waals surface area contributed by atoms with Gasteiger partial charge < -0.3 is 0 Å². The Morgan fingerprint density at radius 3 is 2.85 bits per heavy atom. The molecule has 130 valence electrons. The third-order valence-corrected chi connectivity index (χ3v) is 5.34. The topological polar surface area (TPSA) is 68.3 Å². The molecule has 2 aliphatic rings. The molecule has 6 heteroatoms. The van der Waals surface area contributed by atoms with Crippen LogP contribution in [0.2, 0.25) is 0 Å². The Morgan fingerprint density at radius 2 is 2.00 bits per heavy atom. The van der Waals surface area contributed by atoms with Gasteiger partial charge in [-0.1, -0.05) is 24.1 Å².